The summed E-state index contributed by atoms with van der Waals surface area (Å²) in [5.74, 6) is 0. The Morgan fingerprint density at radius 2 is 1.84 bits per heavy atom. The van der Waals surface area contributed by atoms with E-state index in [1.807, 2.05) is 6.20 Å². The van der Waals surface area contributed by atoms with Crippen LogP contribution >= 0.6 is 0 Å². The molecule has 3 rings (SSSR count). The van der Waals surface area contributed by atoms with E-state index in [2.05, 4.69) is 50.9 Å². The van der Waals surface area contributed by atoms with E-state index in [1.54, 1.807) is 0 Å². The van der Waals surface area contributed by atoms with Crippen LogP contribution in [0.5, 0.6) is 0 Å². The number of rotatable bonds is 4. The quantitative estimate of drug-likeness (QED) is 0.834. The van der Waals surface area contributed by atoms with Gasteiger partial charge >= 0.3 is 0 Å². The molecule has 4 nitrogen and oxygen atoms in total. The smallest absolute Gasteiger partial charge is 0.0682 e. The Bertz CT molecular complexity index is 526. The van der Waals surface area contributed by atoms with Crippen LogP contribution in [-0.4, -0.2) is 59.4 Å². The van der Waals surface area contributed by atoms with Crippen molar-refractivity contribution in [2.45, 2.75) is 13.0 Å². The van der Waals surface area contributed by atoms with Crippen LogP contribution < -0.4 is 0 Å². The van der Waals surface area contributed by atoms with Crippen LogP contribution in [0.4, 0.5) is 0 Å². The van der Waals surface area contributed by atoms with Gasteiger partial charge in [-0.15, -0.1) is 0 Å². The number of aryl methyl sites for hydroxylation is 1. The Morgan fingerprint density at radius 1 is 1.05 bits per heavy atom. The number of nitrogens with zero attached hydrogens (tertiary/aromatic N) is 4. The standard InChI is InChI=1S/C15H22N4/c1-17-9-11-18(12-10-17)7-4-8-19-15-6-3-2-5-14(15)13-16-19/h2-3,5-6,13H,4,7-12H2,1H3. The minimum absolute atomic E-state index is 1.01. The average Bonchev–Trinajstić information content (AvgIpc) is 2.85. The Kier molecular flexibility index (Phi) is 3.80. The Labute approximate surface area is 114 Å². The zero-order valence-electron chi connectivity index (χ0n) is 11.6. The lowest BCUT2D eigenvalue weighted by Gasteiger charge is -2.32. The summed E-state index contributed by atoms with van der Waals surface area (Å²) in [6.07, 6.45) is 3.14. The van der Waals surface area contributed by atoms with Gasteiger partial charge in [-0.1, -0.05) is 18.2 Å². The maximum atomic E-state index is 4.48. The van der Waals surface area contributed by atoms with E-state index in [0.717, 1.165) is 6.54 Å². The van der Waals surface area contributed by atoms with Crippen molar-refractivity contribution in [3.8, 4) is 0 Å². The minimum atomic E-state index is 1.01. The molecule has 0 radical (unpaired) electrons. The molecule has 0 spiro atoms. The highest BCUT2D eigenvalue weighted by molar-refractivity contribution is 5.78. The second kappa shape index (κ2) is 5.72. The molecule has 1 aromatic carbocycles. The number of likely N-dealkylation sites (N-methyl/N-ethyl adjacent to an activating group) is 1. The maximum Gasteiger partial charge on any atom is 0.0682 e. The SMILES string of the molecule is CN1CCN(CCCn2ncc3ccccc32)CC1. The van der Waals surface area contributed by atoms with Crippen molar-refractivity contribution in [1.82, 2.24) is 19.6 Å². The third-order valence-corrected chi connectivity index (χ3v) is 3.99. The van der Waals surface area contributed by atoms with Crippen molar-refractivity contribution in [2.75, 3.05) is 39.8 Å². The molecule has 2 heterocycles. The largest absolute Gasteiger partial charge is 0.304 e. The predicted molar refractivity (Wildman–Crippen MR) is 78.3 cm³/mol. The van der Waals surface area contributed by atoms with Gasteiger partial charge in [-0.25, -0.2) is 0 Å². The molecule has 1 saturated heterocycles. The third-order valence-electron chi connectivity index (χ3n) is 3.99. The van der Waals surface area contributed by atoms with Crippen molar-refractivity contribution in [2.24, 2.45) is 0 Å². The molecule has 19 heavy (non-hydrogen) atoms. The number of benzene rings is 1. The molecule has 4 heteroatoms. The molecule has 0 N–H and O–H groups in total. The first kappa shape index (κ1) is 12.6. The summed E-state index contributed by atoms with van der Waals surface area (Å²) < 4.78 is 2.13. The van der Waals surface area contributed by atoms with Gasteiger partial charge in [0, 0.05) is 38.1 Å². The van der Waals surface area contributed by atoms with E-state index in [-0.39, 0.29) is 0 Å². The first-order valence-electron chi connectivity index (χ1n) is 7.14. The normalized spacial score (nSPS) is 18.2. The number of hydrogen-bond donors (Lipinski definition) is 0. The lowest BCUT2D eigenvalue weighted by atomic mass is 10.2. The molecule has 0 bridgehead atoms. The first-order chi connectivity index (χ1) is 9.33. The fourth-order valence-corrected chi connectivity index (χ4v) is 2.72. The molecule has 0 unspecified atom stereocenters. The van der Waals surface area contributed by atoms with Gasteiger partial charge in [0.1, 0.15) is 0 Å². The van der Waals surface area contributed by atoms with Crippen LogP contribution in [0.25, 0.3) is 10.9 Å². The average molecular weight is 258 g/mol. The van der Waals surface area contributed by atoms with Gasteiger partial charge in [0.2, 0.25) is 0 Å². The lowest BCUT2D eigenvalue weighted by molar-refractivity contribution is 0.151. The zero-order chi connectivity index (χ0) is 13.1. The molecule has 2 aromatic rings. The van der Waals surface area contributed by atoms with E-state index >= 15 is 0 Å². The summed E-state index contributed by atoms with van der Waals surface area (Å²) in [6.45, 7) is 7.00. The molecule has 102 valence electrons. The molecule has 1 aromatic heterocycles. The van der Waals surface area contributed by atoms with Crippen LogP contribution in [0.2, 0.25) is 0 Å². The van der Waals surface area contributed by atoms with Gasteiger partial charge in [-0.2, -0.15) is 5.10 Å². The summed E-state index contributed by atoms with van der Waals surface area (Å²) in [6, 6.07) is 8.43. The molecule has 0 aliphatic carbocycles. The number of fused-ring (bicyclic) bond motifs is 1. The van der Waals surface area contributed by atoms with Crippen LogP contribution in [-0.2, 0) is 6.54 Å². The van der Waals surface area contributed by atoms with Crippen LogP contribution in [0.15, 0.2) is 30.5 Å². The van der Waals surface area contributed by atoms with E-state index < -0.39 is 0 Å². The Morgan fingerprint density at radius 3 is 2.68 bits per heavy atom. The van der Waals surface area contributed by atoms with Crippen molar-refractivity contribution < 1.29 is 0 Å². The van der Waals surface area contributed by atoms with Gasteiger partial charge in [-0.05, 0) is 26.1 Å². The predicted octanol–water partition coefficient (Wildman–Crippen LogP) is 1.67. The fraction of sp³-hybridized carbons (Fsp3) is 0.533. The third kappa shape index (κ3) is 2.96. The Balaban J connectivity index is 1.52. The van der Waals surface area contributed by atoms with E-state index in [9.17, 15) is 0 Å². The van der Waals surface area contributed by atoms with Crippen molar-refractivity contribution >= 4 is 10.9 Å². The molecule has 1 aliphatic rings. The summed E-state index contributed by atoms with van der Waals surface area (Å²) in [7, 11) is 2.20. The summed E-state index contributed by atoms with van der Waals surface area (Å²) in [4.78, 5) is 4.96. The molecule has 1 aliphatic heterocycles. The Hall–Kier alpha value is -1.39. The first-order valence-corrected chi connectivity index (χ1v) is 7.14. The number of para-hydroxylation sites is 1. The second-order valence-electron chi connectivity index (χ2n) is 5.42. The van der Waals surface area contributed by atoms with Crippen LogP contribution in [0.1, 0.15) is 6.42 Å². The van der Waals surface area contributed by atoms with Gasteiger partial charge in [0.05, 0.1) is 11.7 Å². The highest BCUT2D eigenvalue weighted by atomic mass is 15.3. The van der Waals surface area contributed by atoms with Crippen LogP contribution in [0, 0.1) is 0 Å². The molecule has 0 saturated carbocycles. The lowest BCUT2D eigenvalue weighted by Crippen LogP contribution is -2.44. The van der Waals surface area contributed by atoms with Gasteiger partial charge in [0.25, 0.3) is 0 Å². The summed E-state index contributed by atoms with van der Waals surface area (Å²) >= 11 is 0. The monoisotopic (exact) mass is 258 g/mol. The van der Waals surface area contributed by atoms with Crippen molar-refractivity contribution in [3.63, 3.8) is 0 Å². The zero-order valence-corrected chi connectivity index (χ0v) is 11.6. The minimum Gasteiger partial charge on any atom is -0.304 e. The van der Waals surface area contributed by atoms with Crippen LogP contribution in [0.3, 0.4) is 0 Å². The van der Waals surface area contributed by atoms with E-state index in [4.69, 9.17) is 0 Å². The molecule has 1 fully saturated rings. The maximum absolute atomic E-state index is 4.48. The molecular formula is C15H22N4. The topological polar surface area (TPSA) is 24.3 Å². The summed E-state index contributed by atoms with van der Waals surface area (Å²) in [5, 5.41) is 5.72. The highest BCUT2D eigenvalue weighted by Crippen LogP contribution is 2.13. The number of aromatic nitrogens is 2. The van der Waals surface area contributed by atoms with E-state index in [0.29, 0.717) is 0 Å². The molecule has 0 amide bonds. The molecular weight excluding hydrogens is 236 g/mol. The molecule has 0 atom stereocenters. The van der Waals surface area contributed by atoms with Crippen molar-refractivity contribution in [3.05, 3.63) is 30.5 Å². The van der Waals surface area contributed by atoms with Gasteiger partial charge in [-0.3, -0.25) is 4.68 Å². The summed E-state index contributed by atoms with van der Waals surface area (Å²) in [5.41, 5.74) is 1.25. The second-order valence-corrected chi connectivity index (χ2v) is 5.42. The van der Waals surface area contributed by atoms with E-state index in [1.165, 1.54) is 50.0 Å². The fourth-order valence-electron chi connectivity index (χ4n) is 2.72. The highest BCUT2D eigenvalue weighted by Gasteiger charge is 2.13. The van der Waals surface area contributed by atoms with Gasteiger partial charge in [0.15, 0.2) is 0 Å². The van der Waals surface area contributed by atoms with Crippen molar-refractivity contribution in [1.29, 1.82) is 0 Å². The number of hydrogen-bond acceptors (Lipinski definition) is 3. The van der Waals surface area contributed by atoms with Gasteiger partial charge < -0.3 is 9.80 Å². The number of piperazine rings is 1.